The molecule has 0 unspecified atom stereocenters. The highest BCUT2D eigenvalue weighted by molar-refractivity contribution is 6.06. The van der Waals surface area contributed by atoms with Crippen LogP contribution < -0.4 is 5.32 Å². The first-order valence-electron chi connectivity index (χ1n) is 10.8. The summed E-state index contributed by atoms with van der Waals surface area (Å²) in [4.78, 5) is 30.9. The highest BCUT2D eigenvalue weighted by Crippen LogP contribution is 2.29. The van der Waals surface area contributed by atoms with Crippen molar-refractivity contribution in [2.45, 2.75) is 59.0 Å². The fraction of sp³-hybridized carbons (Fsp3) is 0.417. The maximum Gasteiger partial charge on any atom is 0.339 e. The normalized spacial score (nSPS) is 14.6. The third-order valence-corrected chi connectivity index (χ3v) is 6.03. The summed E-state index contributed by atoms with van der Waals surface area (Å²) in [6.07, 6.45) is 3.91. The molecule has 1 N–H and O–H groups in total. The first kappa shape index (κ1) is 21.0. The molecule has 4 rings (SSSR count). The largest absolute Gasteiger partial charge is 0.449 e. The van der Waals surface area contributed by atoms with Gasteiger partial charge in [0, 0.05) is 18.1 Å². The lowest BCUT2D eigenvalue weighted by atomic mass is 9.97. The molecule has 0 saturated carbocycles. The first-order valence-corrected chi connectivity index (χ1v) is 10.8. The topological polar surface area (TPSA) is 86.1 Å². The van der Waals surface area contributed by atoms with Crippen molar-refractivity contribution in [2.75, 3.05) is 5.32 Å². The Bertz CT molecular complexity index is 1170. The molecule has 3 aromatic rings. The second-order valence-corrected chi connectivity index (χ2v) is 8.20. The standard InChI is InChI=1S/C24H28N4O3/c1-14-22(15(2)28(4)27-14)26-23(29)16(3)31-24(30)21-17-10-6-5-7-12-19(17)25-20-13-9-8-11-18(20)21/h8-9,11,13,16H,5-7,10,12H2,1-4H3,(H,26,29)/t16-/m0/s1. The van der Waals surface area contributed by atoms with Crippen molar-refractivity contribution in [2.24, 2.45) is 7.05 Å². The predicted molar refractivity (Wildman–Crippen MR) is 119 cm³/mol. The molecule has 0 radical (unpaired) electrons. The van der Waals surface area contributed by atoms with Crippen LogP contribution in [0.15, 0.2) is 24.3 Å². The van der Waals surface area contributed by atoms with Crippen molar-refractivity contribution in [3.05, 3.63) is 52.5 Å². The van der Waals surface area contributed by atoms with E-state index in [4.69, 9.17) is 9.72 Å². The molecule has 7 nitrogen and oxygen atoms in total. The van der Waals surface area contributed by atoms with E-state index in [0.29, 0.717) is 11.3 Å². The summed E-state index contributed by atoms with van der Waals surface area (Å²) in [6.45, 7) is 5.30. The second kappa shape index (κ2) is 8.49. The van der Waals surface area contributed by atoms with Crippen LogP contribution in [0, 0.1) is 13.8 Å². The number of carbonyl (C=O) groups is 2. The van der Waals surface area contributed by atoms with E-state index in [1.165, 1.54) is 0 Å². The SMILES string of the molecule is Cc1nn(C)c(C)c1NC(=O)[C@H](C)OC(=O)c1c2c(nc3ccccc13)CCCCC2. The van der Waals surface area contributed by atoms with Gasteiger partial charge in [0.25, 0.3) is 5.91 Å². The molecular formula is C24H28N4O3. The van der Waals surface area contributed by atoms with Crippen molar-refractivity contribution >= 4 is 28.5 Å². The molecular weight excluding hydrogens is 392 g/mol. The zero-order chi connectivity index (χ0) is 22.1. The summed E-state index contributed by atoms with van der Waals surface area (Å²) >= 11 is 0. The van der Waals surface area contributed by atoms with Gasteiger partial charge in [0.15, 0.2) is 6.10 Å². The number of carbonyl (C=O) groups excluding carboxylic acids is 2. The van der Waals surface area contributed by atoms with E-state index in [1.54, 1.807) is 11.6 Å². The van der Waals surface area contributed by atoms with Crippen LogP contribution in [0.25, 0.3) is 10.9 Å². The number of amides is 1. The first-order chi connectivity index (χ1) is 14.9. The van der Waals surface area contributed by atoms with Gasteiger partial charge in [0.05, 0.1) is 28.2 Å². The van der Waals surface area contributed by atoms with Crippen LogP contribution in [0.1, 0.15) is 59.2 Å². The minimum absolute atomic E-state index is 0.378. The Morgan fingerprint density at radius 3 is 2.61 bits per heavy atom. The summed E-state index contributed by atoms with van der Waals surface area (Å²) < 4.78 is 7.37. The number of aryl methyl sites for hydroxylation is 3. The number of hydrogen-bond acceptors (Lipinski definition) is 5. The Hall–Kier alpha value is -3.22. The fourth-order valence-corrected chi connectivity index (χ4v) is 4.23. The van der Waals surface area contributed by atoms with Crippen LogP contribution in [-0.2, 0) is 29.4 Å². The summed E-state index contributed by atoms with van der Waals surface area (Å²) in [5, 5.41) is 7.94. The van der Waals surface area contributed by atoms with Gasteiger partial charge in [0.1, 0.15) is 0 Å². The van der Waals surface area contributed by atoms with E-state index in [1.807, 2.05) is 45.2 Å². The summed E-state index contributed by atoms with van der Waals surface area (Å²) in [7, 11) is 1.82. The Balaban J connectivity index is 1.62. The van der Waals surface area contributed by atoms with Crippen LogP contribution in [-0.4, -0.2) is 32.7 Å². The number of fused-ring (bicyclic) bond motifs is 2. The number of nitrogens with one attached hydrogen (secondary N) is 1. The van der Waals surface area contributed by atoms with Gasteiger partial charge in [0.2, 0.25) is 0 Å². The Labute approximate surface area is 181 Å². The second-order valence-electron chi connectivity index (χ2n) is 8.20. The lowest BCUT2D eigenvalue weighted by Crippen LogP contribution is -2.31. The maximum absolute atomic E-state index is 13.3. The minimum atomic E-state index is -0.945. The number of aromatic nitrogens is 3. The maximum atomic E-state index is 13.3. The number of benzene rings is 1. The van der Waals surface area contributed by atoms with E-state index >= 15 is 0 Å². The van der Waals surface area contributed by atoms with Crippen molar-refractivity contribution in [3.8, 4) is 0 Å². The molecule has 1 aliphatic carbocycles. The van der Waals surface area contributed by atoms with Gasteiger partial charge in [-0.05, 0) is 58.1 Å². The molecule has 162 valence electrons. The van der Waals surface area contributed by atoms with E-state index in [9.17, 15) is 9.59 Å². The van der Waals surface area contributed by atoms with Gasteiger partial charge in [-0.1, -0.05) is 24.6 Å². The van der Waals surface area contributed by atoms with Crippen molar-refractivity contribution in [1.29, 1.82) is 0 Å². The Morgan fingerprint density at radius 2 is 1.87 bits per heavy atom. The summed E-state index contributed by atoms with van der Waals surface area (Å²) in [5.41, 5.74) is 5.49. The third-order valence-electron chi connectivity index (χ3n) is 6.03. The van der Waals surface area contributed by atoms with Crippen molar-refractivity contribution in [3.63, 3.8) is 0 Å². The van der Waals surface area contributed by atoms with Gasteiger partial charge >= 0.3 is 5.97 Å². The number of para-hydroxylation sites is 1. The van der Waals surface area contributed by atoms with Gasteiger partial charge in [-0.15, -0.1) is 0 Å². The number of pyridine rings is 1. The molecule has 1 atom stereocenters. The van der Waals surface area contributed by atoms with Gasteiger partial charge < -0.3 is 10.1 Å². The number of esters is 1. The smallest absolute Gasteiger partial charge is 0.339 e. The number of rotatable bonds is 4. The highest BCUT2D eigenvalue weighted by Gasteiger charge is 2.26. The number of anilines is 1. The lowest BCUT2D eigenvalue weighted by molar-refractivity contribution is -0.123. The van der Waals surface area contributed by atoms with Crippen LogP contribution in [0.3, 0.4) is 0 Å². The average molecular weight is 421 g/mol. The molecule has 0 fully saturated rings. The number of ether oxygens (including phenoxy) is 1. The van der Waals surface area contributed by atoms with Crippen LogP contribution in [0.2, 0.25) is 0 Å². The van der Waals surface area contributed by atoms with Crippen LogP contribution >= 0.6 is 0 Å². The third kappa shape index (κ3) is 4.04. The van der Waals surface area contributed by atoms with E-state index < -0.39 is 12.1 Å². The summed E-state index contributed by atoms with van der Waals surface area (Å²) in [5.74, 6) is -0.851. The van der Waals surface area contributed by atoms with E-state index in [2.05, 4.69) is 10.4 Å². The molecule has 0 bridgehead atoms. The lowest BCUT2D eigenvalue weighted by Gasteiger charge is -2.18. The molecule has 1 aliphatic rings. The molecule has 7 heteroatoms. The van der Waals surface area contributed by atoms with Crippen LogP contribution in [0.4, 0.5) is 5.69 Å². The zero-order valence-electron chi connectivity index (χ0n) is 18.5. The van der Waals surface area contributed by atoms with Gasteiger partial charge in [-0.3, -0.25) is 14.5 Å². The Morgan fingerprint density at radius 1 is 1.13 bits per heavy atom. The summed E-state index contributed by atoms with van der Waals surface area (Å²) in [6, 6.07) is 7.63. The Kier molecular flexibility index (Phi) is 5.76. The number of nitrogens with zero attached hydrogens (tertiary/aromatic N) is 3. The van der Waals surface area contributed by atoms with E-state index in [0.717, 1.165) is 65.7 Å². The van der Waals surface area contributed by atoms with Crippen molar-refractivity contribution < 1.29 is 14.3 Å². The van der Waals surface area contributed by atoms with E-state index in [-0.39, 0.29) is 5.91 Å². The van der Waals surface area contributed by atoms with Crippen LogP contribution in [0.5, 0.6) is 0 Å². The van der Waals surface area contributed by atoms with Crippen molar-refractivity contribution in [1.82, 2.24) is 14.8 Å². The predicted octanol–water partition coefficient (Wildman–Crippen LogP) is 4.04. The molecule has 0 spiro atoms. The molecule has 2 aromatic heterocycles. The zero-order valence-corrected chi connectivity index (χ0v) is 18.5. The monoisotopic (exact) mass is 420 g/mol. The quantitative estimate of drug-likeness (QED) is 0.509. The minimum Gasteiger partial charge on any atom is -0.449 e. The molecule has 1 aromatic carbocycles. The molecule has 1 amide bonds. The molecule has 0 saturated heterocycles. The molecule has 31 heavy (non-hydrogen) atoms. The average Bonchev–Trinajstić information content (AvgIpc) is 2.91. The molecule has 2 heterocycles. The van der Waals surface area contributed by atoms with Gasteiger partial charge in [-0.25, -0.2) is 4.79 Å². The number of hydrogen-bond donors (Lipinski definition) is 1. The molecule has 0 aliphatic heterocycles. The van der Waals surface area contributed by atoms with Gasteiger partial charge in [-0.2, -0.15) is 5.10 Å². The fourth-order valence-electron chi connectivity index (χ4n) is 4.23. The highest BCUT2D eigenvalue weighted by atomic mass is 16.5.